The van der Waals surface area contributed by atoms with Crippen molar-refractivity contribution >= 4 is 11.9 Å². The second-order valence-electron chi connectivity index (χ2n) is 5.28. The van der Waals surface area contributed by atoms with Gasteiger partial charge in [0.2, 0.25) is 6.29 Å². The van der Waals surface area contributed by atoms with E-state index < -0.39 is 23.8 Å². The molecule has 5 heteroatoms. The molecular formula is C17H18O5. The summed E-state index contributed by atoms with van der Waals surface area (Å²) in [6.07, 6.45) is 5.75. The molecule has 1 unspecified atom stereocenters. The van der Waals surface area contributed by atoms with E-state index in [9.17, 15) is 9.59 Å². The topological polar surface area (TPSA) is 61.8 Å². The average Bonchev–Trinajstić information content (AvgIpc) is 2.88. The second kappa shape index (κ2) is 6.63. The molecule has 1 saturated heterocycles. The molecule has 116 valence electrons. The van der Waals surface area contributed by atoms with Gasteiger partial charge in [-0.05, 0) is 25.5 Å². The number of terminal acetylenes is 1. The molecule has 1 aliphatic heterocycles. The van der Waals surface area contributed by atoms with E-state index in [-0.39, 0.29) is 6.61 Å². The number of carbonyl (C=O) groups is 2. The van der Waals surface area contributed by atoms with Crippen LogP contribution in [-0.2, 0) is 19.0 Å². The summed E-state index contributed by atoms with van der Waals surface area (Å²) in [5.74, 6) is 1.61. The van der Waals surface area contributed by atoms with E-state index in [0.29, 0.717) is 18.4 Å². The third kappa shape index (κ3) is 3.86. The number of hydrogen-bond acceptors (Lipinski definition) is 5. The maximum Gasteiger partial charge on any atom is 0.338 e. The van der Waals surface area contributed by atoms with Gasteiger partial charge >= 0.3 is 11.9 Å². The number of esters is 2. The van der Waals surface area contributed by atoms with Gasteiger partial charge in [-0.2, -0.15) is 0 Å². The van der Waals surface area contributed by atoms with Crippen molar-refractivity contribution in [3.05, 3.63) is 35.4 Å². The number of benzene rings is 1. The Morgan fingerprint density at radius 3 is 2.68 bits per heavy atom. The number of hydrogen-bond donors (Lipinski definition) is 0. The Kier molecular flexibility index (Phi) is 4.84. The van der Waals surface area contributed by atoms with Crippen molar-refractivity contribution in [2.24, 2.45) is 0 Å². The molecule has 5 nitrogen and oxygen atoms in total. The number of carbonyl (C=O) groups excluding carboxylic acids is 2. The van der Waals surface area contributed by atoms with Crippen molar-refractivity contribution < 1.29 is 23.8 Å². The highest BCUT2D eigenvalue weighted by molar-refractivity contribution is 5.89. The SMILES string of the molecule is C#C[C@@]1(COC(=O)c2ccc(C)cc2)CCC(OC(C)=O)O1. The lowest BCUT2D eigenvalue weighted by molar-refractivity contribution is -0.182. The molecule has 22 heavy (non-hydrogen) atoms. The van der Waals surface area contributed by atoms with Gasteiger partial charge in [-0.15, -0.1) is 6.42 Å². The zero-order valence-corrected chi connectivity index (χ0v) is 12.6. The molecule has 1 aromatic carbocycles. The summed E-state index contributed by atoms with van der Waals surface area (Å²) in [6.45, 7) is 3.16. The van der Waals surface area contributed by atoms with Gasteiger partial charge < -0.3 is 14.2 Å². The van der Waals surface area contributed by atoms with E-state index in [1.807, 2.05) is 19.1 Å². The largest absolute Gasteiger partial charge is 0.458 e. The Bertz CT molecular complexity index is 598. The monoisotopic (exact) mass is 302 g/mol. The Morgan fingerprint density at radius 2 is 2.09 bits per heavy atom. The van der Waals surface area contributed by atoms with Crippen molar-refractivity contribution in [2.45, 2.75) is 38.6 Å². The summed E-state index contributed by atoms with van der Waals surface area (Å²) in [7, 11) is 0. The molecule has 0 N–H and O–H groups in total. The molecule has 1 aromatic rings. The molecule has 0 saturated carbocycles. The summed E-state index contributed by atoms with van der Waals surface area (Å²) in [4.78, 5) is 22.9. The summed E-state index contributed by atoms with van der Waals surface area (Å²) < 4.78 is 15.8. The van der Waals surface area contributed by atoms with Crippen molar-refractivity contribution in [1.82, 2.24) is 0 Å². The molecule has 1 fully saturated rings. The third-order valence-electron chi connectivity index (χ3n) is 3.43. The minimum atomic E-state index is -1.04. The fourth-order valence-corrected chi connectivity index (χ4v) is 2.20. The van der Waals surface area contributed by atoms with Gasteiger partial charge in [-0.3, -0.25) is 4.79 Å². The molecule has 0 aromatic heterocycles. The second-order valence-corrected chi connectivity index (χ2v) is 5.28. The van der Waals surface area contributed by atoms with E-state index in [0.717, 1.165) is 5.56 Å². The highest BCUT2D eigenvalue weighted by Gasteiger charge is 2.41. The van der Waals surface area contributed by atoms with E-state index >= 15 is 0 Å². The lowest BCUT2D eigenvalue weighted by atomic mass is 10.0. The third-order valence-corrected chi connectivity index (χ3v) is 3.43. The van der Waals surface area contributed by atoms with Crippen molar-refractivity contribution in [1.29, 1.82) is 0 Å². The van der Waals surface area contributed by atoms with Crippen LogP contribution in [0.3, 0.4) is 0 Å². The first kappa shape index (κ1) is 16.1. The van der Waals surface area contributed by atoms with E-state index in [4.69, 9.17) is 20.6 Å². The summed E-state index contributed by atoms with van der Waals surface area (Å²) >= 11 is 0. The maximum atomic E-state index is 12.0. The van der Waals surface area contributed by atoms with Crippen LogP contribution in [0.15, 0.2) is 24.3 Å². The molecular weight excluding hydrogens is 284 g/mol. The van der Waals surface area contributed by atoms with Crippen LogP contribution in [-0.4, -0.2) is 30.4 Å². The standard InChI is InChI=1S/C17H18O5/c1-4-17(10-9-15(22-17)21-13(3)18)11-20-16(19)14-7-5-12(2)6-8-14/h1,5-8,15H,9-11H2,2-3H3/t15?,17-/m0/s1. The smallest absolute Gasteiger partial charge is 0.338 e. The molecule has 0 amide bonds. The molecule has 0 bridgehead atoms. The average molecular weight is 302 g/mol. The quantitative estimate of drug-likeness (QED) is 0.630. The summed E-state index contributed by atoms with van der Waals surface area (Å²) in [5, 5.41) is 0. The highest BCUT2D eigenvalue weighted by atomic mass is 16.7. The van der Waals surface area contributed by atoms with Crippen molar-refractivity contribution in [3.8, 4) is 12.3 Å². The lowest BCUT2D eigenvalue weighted by Gasteiger charge is -2.22. The van der Waals surface area contributed by atoms with Gasteiger partial charge in [0, 0.05) is 13.3 Å². The van der Waals surface area contributed by atoms with Gasteiger partial charge in [-0.1, -0.05) is 23.6 Å². The number of aryl methyl sites for hydroxylation is 1. The van der Waals surface area contributed by atoms with Gasteiger partial charge in [0.25, 0.3) is 0 Å². The molecule has 2 rings (SSSR count). The van der Waals surface area contributed by atoms with Crippen LogP contribution < -0.4 is 0 Å². The minimum absolute atomic E-state index is 0.0754. The molecule has 1 aliphatic rings. The predicted molar refractivity (Wildman–Crippen MR) is 78.9 cm³/mol. The molecule has 1 heterocycles. The first-order valence-corrected chi connectivity index (χ1v) is 7.01. The zero-order valence-electron chi connectivity index (χ0n) is 12.6. The minimum Gasteiger partial charge on any atom is -0.458 e. The zero-order chi connectivity index (χ0) is 16.2. The van der Waals surface area contributed by atoms with Crippen LogP contribution in [0.25, 0.3) is 0 Å². The Morgan fingerprint density at radius 1 is 1.41 bits per heavy atom. The lowest BCUT2D eigenvalue weighted by Crippen LogP contribution is -2.35. The summed E-state index contributed by atoms with van der Waals surface area (Å²) in [6, 6.07) is 7.04. The normalized spacial score (nSPS) is 23.6. The van der Waals surface area contributed by atoms with Gasteiger partial charge in [-0.25, -0.2) is 4.79 Å². The van der Waals surface area contributed by atoms with Crippen LogP contribution >= 0.6 is 0 Å². The van der Waals surface area contributed by atoms with Crippen molar-refractivity contribution in [3.63, 3.8) is 0 Å². The molecule has 0 aliphatic carbocycles. The maximum absolute atomic E-state index is 12.0. The van der Waals surface area contributed by atoms with Crippen LogP contribution in [0.4, 0.5) is 0 Å². The number of ether oxygens (including phenoxy) is 3. The van der Waals surface area contributed by atoms with Crippen molar-refractivity contribution in [2.75, 3.05) is 6.61 Å². The van der Waals surface area contributed by atoms with E-state index in [2.05, 4.69) is 5.92 Å². The Hall–Kier alpha value is -2.32. The van der Waals surface area contributed by atoms with Crippen LogP contribution in [0.5, 0.6) is 0 Å². The van der Waals surface area contributed by atoms with E-state index in [1.54, 1.807) is 12.1 Å². The van der Waals surface area contributed by atoms with E-state index in [1.165, 1.54) is 6.92 Å². The van der Waals surface area contributed by atoms with Crippen LogP contribution in [0.1, 0.15) is 35.7 Å². The Balaban J connectivity index is 1.94. The number of rotatable bonds is 4. The Labute approximate surface area is 129 Å². The highest BCUT2D eigenvalue weighted by Crippen LogP contribution is 2.31. The summed E-state index contributed by atoms with van der Waals surface area (Å²) in [5.41, 5.74) is 0.466. The molecule has 0 spiro atoms. The first-order valence-electron chi connectivity index (χ1n) is 7.01. The molecule has 0 radical (unpaired) electrons. The molecule has 2 atom stereocenters. The fraction of sp³-hybridized carbons (Fsp3) is 0.412. The fourth-order valence-electron chi connectivity index (χ4n) is 2.20. The predicted octanol–water partition coefficient (Wildman–Crippen LogP) is 2.22. The van der Waals surface area contributed by atoms with Gasteiger partial charge in [0.15, 0.2) is 5.60 Å². The van der Waals surface area contributed by atoms with Crippen LogP contribution in [0.2, 0.25) is 0 Å². The first-order chi connectivity index (χ1) is 10.4. The van der Waals surface area contributed by atoms with Gasteiger partial charge in [0.1, 0.15) is 6.61 Å². The van der Waals surface area contributed by atoms with Crippen LogP contribution in [0, 0.1) is 19.3 Å². The van der Waals surface area contributed by atoms with Gasteiger partial charge in [0.05, 0.1) is 5.56 Å².